The van der Waals surface area contributed by atoms with Crippen LogP contribution in [0.3, 0.4) is 0 Å². The van der Waals surface area contributed by atoms with Gasteiger partial charge in [-0.3, -0.25) is 4.79 Å². The molecule has 17 heavy (non-hydrogen) atoms. The summed E-state index contributed by atoms with van der Waals surface area (Å²) in [7, 11) is 0. The minimum absolute atomic E-state index is 0.0439. The molecule has 0 fully saturated rings. The molecule has 0 amide bonds. The Morgan fingerprint density at radius 1 is 1.18 bits per heavy atom. The van der Waals surface area contributed by atoms with Gasteiger partial charge >= 0.3 is 0 Å². The van der Waals surface area contributed by atoms with Gasteiger partial charge in [-0.15, -0.1) is 0 Å². The molecule has 1 aromatic heterocycles. The lowest BCUT2D eigenvalue weighted by Gasteiger charge is -2.04. The van der Waals surface area contributed by atoms with Gasteiger partial charge in [-0.25, -0.2) is 0 Å². The number of hydrogen-bond acceptors (Lipinski definition) is 2. The first-order chi connectivity index (χ1) is 8.11. The average molecular weight is 228 g/mol. The fourth-order valence-electron chi connectivity index (χ4n) is 2.08. The van der Waals surface area contributed by atoms with Gasteiger partial charge in [-0.1, -0.05) is 24.1 Å². The maximum absolute atomic E-state index is 12.3. The van der Waals surface area contributed by atoms with E-state index < -0.39 is 0 Å². The topological polar surface area (TPSA) is 30.2 Å². The van der Waals surface area contributed by atoms with Crippen LogP contribution in [0.1, 0.15) is 39.7 Å². The minimum atomic E-state index is 0.0439. The van der Waals surface area contributed by atoms with E-state index in [-0.39, 0.29) is 5.78 Å². The maximum Gasteiger partial charge on any atom is 0.196 e. The van der Waals surface area contributed by atoms with E-state index in [2.05, 4.69) is 6.07 Å². The summed E-state index contributed by atoms with van der Waals surface area (Å²) in [5.41, 5.74) is 3.63. The van der Waals surface area contributed by atoms with Crippen molar-refractivity contribution in [2.24, 2.45) is 0 Å². The lowest BCUT2D eigenvalue weighted by atomic mass is 9.99. The standard InChI is InChI=1S/C15H16O2/c1-4-14-13(5-6-17-14)15(16)12-8-10(2)7-11(3)9-12/h5-9H,4H2,1-3H3. The third-order valence-corrected chi connectivity index (χ3v) is 2.80. The van der Waals surface area contributed by atoms with Gasteiger partial charge in [0.2, 0.25) is 0 Å². The molecule has 0 radical (unpaired) electrons. The predicted octanol–water partition coefficient (Wildman–Crippen LogP) is 3.69. The molecule has 2 heteroatoms. The van der Waals surface area contributed by atoms with E-state index in [1.807, 2.05) is 32.9 Å². The van der Waals surface area contributed by atoms with Crippen LogP contribution >= 0.6 is 0 Å². The van der Waals surface area contributed by atoms with Gasteiger partial charge in [0.1, 0.15) is 5.76 Å². The van der Waals surface area contributed by atoms with Crippen LogP contribution in [0.5, 0.6) is 0 Å². The summed E-state index contributed by atoms with van der Waals surface area (Å²) in [6, 6.07) is 7.65. The summed E-state index contributed by atoms with van der Waals surface area (Å²) < 4.78 is 5.30. The number of hydrogen-bond donors (Lipinski definition) is 0. The quantitative estimate of drug-likeness (QED) is 0.750. The van der Waals surface area contributed by atoms with Gasteiger partial charge in [0, 0.05) is 12.0 Å². The van der Waals surface area contributed by atoms with Gasteiger partial charge in [-0.2, -0.15) is 0 Å². The van der Waals surface area contributed by atoms with Gasteiger partial charge in [0.25, 0.3) is 0 Å². The molecule has 0 aliphatic carbocycles. The van der Waals surface area contributed by atoms with Crippen LogP contribution in [0.25, 0.3) is 0 Å². The fourth-order valence-corrected chi connectivity index (χ4v) is 2.08. The van der Waals surface area contributed by atoms with Crippen LogP contribution in [-0.4, -0.2) is 5.78 Å². The Labute approximate surface area is 101 Å². The first-order valence-corrected chi connectivity index (χ1v) is 5.81. The first kappa shape index (κ1) is 11.6. The van der Waals surface area contributed by atoms with Crippen LogP contribution in [0.15, 0.2) is 34.9 Å². The summed E-state index contributed by atoms with van der Waals surface area (Å²) in [5.74, 6) is 0.802. The van der Waals surface area contributed by atoms with E-state index >= 15 is 0 Å². The van der Waals surface area contributed by atoms with Crippen molar-refractivity contribution in [2.75, 3.05) is 0 Å². The normalized spacial score (nSPS) is 10.5. The Morgan fingerprint density at radius 3 is 2.41 bits per heavy atom. The molecular weight excluding hydrogens is 212 g/mol. The number of benzene rings is 1. The Balaban J connectivity index is 2.43. The molecule has 2 nitrogen and oxygen atoms in total. The summed E-state index contributed by atoms with van der Waals surface area (Å²) in [6.07, 6.45) is 2.31. The lowest BCUT2D eigenvalue weighted by molar-refractivity contribution is 0.103. The molecule has 0 N–H and O–H groups in total. The summed E-state index contributed by atoms with van der Waals surface area (Å²) >= 11 is 0. The highest BCUT2D eigenvalue weighted by Gasteiger charge is 2.15. The van der Waals surface area contributed by atoms with Crippen molar-refractivity contribution < 1.29 is 9.21 Å². The van der Waals surface area contributed by atoms with Crippen LogP contribution in [0.4, 0.5) is 0 Å². The Hall–Kier alpha value is -1.83. The van der Waals surface area contributed by atoms with E-state index in [4.69, 9.17) is 4.42 Å². The van der Waals surface area contributed by atoms with E-state index in [1.54, 1.807) is 12.3 Å². The molecule has 0 aliphatic rings. The summed E-state index contributed by atoms with van der Waals surface area (Å²) in [6.45, 7) is 5.98. The fraction of sp³-hybridized carbons (Fsp3) is 0.267. The Morgan fingerprint density at radius 2 is 1.82 bits per heavy atom. The molecule has 2 rings (SSSR count). The van der Waals surface area contributed by atoms with E-state index in [1.165, 1.54) is 0 Å². The highest BCUT2D eigenvalue weighted by molar-refractivity contribution is 6.09. The molecule has 0 unspecified atom stereocenters. The number of carbonyl (C=O) groups is 1. The van der Waals surface area contributed by atoms with Gasteiger partial charge in [0.05, 0.1) is 11.8 Å². The largest absolute Gasteiger partial charge is 0.469 e. The van der Waals surface area contributed by atoms with Crippen LogP contribution in [0, 0.1) is 13.8 Å². The summed E-state index contributed by atoms with van der Waals surface area (Å²) in [5, 5.41) is 0. The number of furan rings is 1. The molecule has 1 aromatic carbocycles. The molecule has 1 heterocycles. The molecule has 0 aliphatic heterocycles. The predicted molar refractivity (Wildman–Crippen MR) is 67.4 cm³/mol. The van der Waals surface area contributed by atoms with Crippen molar-refractivity contribution in [1.29, 1.82) is 0 Å². The van der Waals surface area contributed by atoms with Crippen LogP contribution in [0.2, 0.25) is 0 Å². The van der Waals surface area contributed by atoms with Crippen LogP contribution in [-0.2, 0) is 6.42 Å². The Bertz CT molecular complexity index is 530. The maximum atomic E-state index is 12.3. The highest BCUT2D eigenvalue weighted by Crippen LogP contribution is 2.18. The van der Waals surface area contributed by atoms with Crippen molar-refractivity contribution in [2.45, 2.75) is 27.2 Å². The average Bonchev–Trinajstić information content (AvgIpc) is 2.74. The molecule has 0 spiro atoms. The molecule has 0 saturated carbocycles. The van der Waals surface area contributed by atoms with Gasteiger partial charge in [-0.05, 0) is 32.0 Å². The second-order valence-electron chi connectivity index (χ2n) is 4.32. The van der Waals surface area contributed by atoms with E-state index in [0.29, 0.717) is 5.56 Å². The lowest BCUT2D eigenvalue weighted by Crippen LogP contribution is -2.03. The van der Waals surface area contributed by atoms with Gasteiger partial charge < -0.3 is 4.42 Å². The molecule has 2 aromatic rings. The molecule has 0 atom stereocenters. The number of ketones is 1. The van der Waals surface area contributed by atoms with Crippen molar-refractivity contribution in [1.82, 2.24) is 0 Å². The van der Waals surface area contributed by atoms with E-state index in [0.717, 1.165) is 28.9 Å². The first-order valence-electron chi connectivity index (χ1n) is 5.81. The monoisotopic (exact) mass is 228 g/mol. The molecular formula is C15H16O2. The Kier molecular flexibility index (Phi) is 3.14. The number of carbonyl (C=O) groups excluding carboxylic acids is 1. The van der Waals surface area contributed by atoms with Crippen molar-refractivity contribution in [3.05, 3.63) is 58.5 Å². The third-order valence-electron chi connectivity index (χ3n) is 2.80. The SMILES string of the molecule is CCc1occc1C(=O)c1cc(C)cc(C)c1. The number of aryl methyl sites for hydroxylation is 3. The zero-order valence-electron chi connectivity index (χ0n) is 10.4. The zero-order valence-corrected chi connectivity index (χ0v) is 10.4. The minimum Gasteiger partial charge on any atom is -0.469 e. The molecule has 0 saturated heterocycles. The molecule has 88 valence electrons. The van der Waals surface area contributed by atoms with Crippen LogP contribution < -0.4 is 0 Å². The smallest absolute Gasteiger partial charge is 0.196 e. The van der Waals surface area contributed by atoms with Crippen molar-refractivity contribution >= 4 is 5.78 Å². The zero-order chi connectivity index (χ0) is 12.4. The third kappa shape index (κ3) is 2.31. The van der Waals surface area contributed by atoms with Gasteiger partial charge in [0.15, 0.2) is 5.78 Å². The van der Waals surface area contributed by atoms with Crippen molar-refractivity contribution in [3.63, 3.8) is 0 Å². The number of rotatable bonds is 3. The summed E-state index contributed by atoms with van der Waals surface area (Å²) in [4.78, 5) is 12.3. The second-order valence-corrected chi connectivity index (χ2v) is 4.32. The van der Waals surface area contributed by atoms with E-state index in [9.17, 15) is 4.79 Å². The highest BCUT2D eigenvalue weighted by atomic mass is 16.3. The van der Waals surface area contributed by atoms with Crippen molar-refractivity contribution in [3.8, 4) is 0 Å². The molecule has 0 bridgehead atoms. The second kappa shape index (κ2) is 4.58.